The van der Waals surface area contributed by atoms with Crippen molar-refractivity contribution >= 4 is 11.1 Å². The van der Waals surface area contributed by atoms with E-state index in [1.807, 2.05) is 0 Å². The Morgan fingerprint density at radius 1 is 1.33 bits per heavy atom. The number of nitrogens with zero attached hydrogens (tertiary/aromatic N) is 1. The SMILES string of the molecule is FC(F)(F)c1ccc2oc(CCC3CCCNC3)nc2c1. The highest BCUT2D eigenvalue weighted by Gasteiger charge is 2.31. The lowest BCUT2D eigenvalue weighted by Crippen LogP contribution is -2.29. The van der Waals surface area contributed by atoms with E-state index in [9.17, 15) is 13.2 Å². The molecule has 0 saturated carbocycles. The third-order valence-corrected chi connectivity index (χ3v) is 3.92. The van der Waals surface area contributed by atoms with Crippen LogP contribution >= 0.6 is 0 Å². The number of aromatic nitrogens is 1. The molecule has 21 heavy (non-hydrogen) atoms. The summed E-state index contributed by atoms with van der Waals surface area (Å²) in [6.45, 7) is 2.07. The molecule has 3 rings (SSSR count). The zero-order chi connectivity index (χ0) is 14.9. The Kier molecular flexibility index (Phi) is 3.89. The molecule has 0 spiro atoms. The normalized spacial score (nSPS) is 20.0. The molecule has 1 aromatic carbocycles. The molecular formula is C15H17F3N2O. The number of aryl methyl sites for hydroxylation is 1. The number of fused-ring (bicyclic) bond motifs is 1. The molecule has 3 nitrogen and oxygen atoms in total. The summed E-state index contributed by atoms with van der Waals surface area (Å²) in [5.41, 5.74) is 0.00712. The van der Waals surface area contributed by atoms with E-state index in [1.54, 1.807) is 0 Å². The molecule has 1 aliphatic heterocycles. The summed E-state index contributed by atoms with van der Waals surface area (Å²) >= 11 is 0. The first kappa shape index (κ1) is 14.4. The molecule has 0 bridgehead atoms. The molecule has 1 atom stereocenters. The lowest BCUT2D eigenvalue weighted by Gasteiger charge is -2.21. The van der Waals surface area contributed by atoms with Gasteiger partial charge >= 0.3 is 6.18 Å². The molecule has 1 N–H and O–H groups in total. The van der Waals surface area contributed by atoms with Crippen LogP contribution in [0.2, 0.25) is 0 Å². The molecule has 1 aromatic heterocycles. The van der Waals surface area contributed by atoms with Crippen LogP contribution in [0.3, 0.4) is 0 Å². The second kappa shape index (κ2) is 5.67. The minimum absolute atomic E-state index is 0.279. The Balaban J connectivity index is 1.71. The Bertz CT molecular complexity index is 615. The van der Waals surface area contributed by atoms with Crippen LogP contribution in [0.4, 0.5) is 13.2 Å². The van der Waals surface area contributed by atoms with Gasteiger partial charge in [0, 0.05) is 6.42 Å². The molecule has 1 saturated heterocycles. The van der Waals surface area contributed by atoms with Crippen molar-refractivity contribution in [3.63, 3.8) is 0 Å². The van der Waals surface area contributed by atoms with E-state index < -0.39 is 11.7 Å². The minimum atomic E-state index is -4.35. The fourth-order valence-corrected chi connectivity index (χ4v) is 2.76. The van der Waals surface area contributed by atoms with Crippen LogP contribution in [0, 0.1) is 5.92 Å². The van der Waals surface area contributed by atoms with Crippen molar-refractivity contribution in [2.45, 2.75) is 31.9 Å². The summed E-state index contributed by atoms with van der Waals surface area (Å²) in [6, 6.07) is 3.42. The lowest BCUT2D eigenvalue weighted by atomic mass is 9.95. The zero-order valence-electron chi connectivity index (χ0n) is 11.5. The standard InChI is InChI=1S/C15H17F3N2O/c16-15(17,18)11-4-5-13-12(8-11)20-14(21-13)6-3-10-2-1-7-19-9-10/h4-5,8,10,19H,1-3,6-7,9H2. The van der Waals surface area contributed by atoms with Gasteiger partial charge in [-0.3, -0.25) is 0 Å². The molecule has 1 unspecified atom stereocenters. The van der Waals surface area contributed by atoms with Crippen molar-refractivity contribution < 1.29 is 17.6 Å². The summed E-state index contributed by atoms with van der Waals surface area (Å²) in [6.07, 6.45) is -0.367. The van der Waals surface area contributed by atoms with Gasteiger partial charge in [0.05, 0.1) is 5.56 Å². The van der Waals surface area contributed by atoms with Gasteiger partial charge in [0.2, 0.25) is 0 Å². The summed E-state index contributed by atoms with van der Waals surface area (Å²) in [7, 11) is 0. The number of hydrogen-bond acceptors (Lipinski definition) is 3. The first-order chi connectivity index (χ1) is 10.0. The van der Waals surface area contributed by atoms with Crippen LogP contribution in [0.15, 0.2) is 22.6 Å². The predicted octanol–water partition coefficient (Wildman–Crippen LogP) is 3.78. The fourth-order valence-electron chi connectivity index (χ4n) is 2.76. The van der Waals surface area contributed by atoms with E-state index in [2.05, 4.69) is 10.3 Å². The van der Waals surface area contributed by atoms with E-state index in [4.69, 9.17) is 4.42 Å². The highest BCUT2D eigenvalue weighted by atomic mass is 19.4. The highest BCUT2D eigenvalue weighted by Crippen LogP contribution is 2.31. The van der Waals surface area contributed by atoms with Crippen LogP contribution in [0.25, 0.3) is 11.1 Å². The predicted molar refractivity (Wildman–Crippen MR) is 72.9 cm³/mol. The molecule has 1 fully saturated rings. The van der Waals surface area contributed by atoms with Gasteiger partial charge in [-0.25, -0.2) is 4.98 Å². The zero-order valence-corrected chi connectivity index (χ0v) is 11.5. The maximum Gasteiger partial charge on any atom is 0.416 e. The quantitative estimate of drug-likeness (QED) is 0.937. The molecule has 0 radical (unpaired) electrons. The average molecular weight is 298 g/mol. The van der Waals surface area contributed by atoms with Gasteiger partial charge in [0.25, 0.3) is 0 Å². The van der Waals surface area contributed by atoms with Gasteiger partial charge in [-0.15, -0.1) is 0 Å². The third kappa shape index (κ3) is 3.37. The number of benzene rings is 1. The van der Waals surface area contributed by atoms with Crippen molar-refractivity contribution in [1.29, 1.82) is 0 Å². The summed E-state index contributed by atoms with van der Waals surface area (Å²) in [4.78, 5) is 4.18. The smallest absolute Gasteiger partial charge is 0.416 e. The Morgan fingerprint density at radius 3 is 2.90 bits per heavy atom. The molecule has 2 aromatic rings. The van der Waals surface area contributed by atoms with Gasteiger partial charge in [-0.2, -0.15) is 13.2 Å². The molecule has 1 aliphatic rings. The third-order valence-electron chi connectivity index (χ3n) is 3.92. The lowest BCUT2D eigenvalue weighted by molar-refractivity contribution is -0.137. The second-order valence-corrected chi connectivity index (χ2v) is 5.54. The number of rotatable bonds is 3. The number of halogens is 3. The van der Waals surface area contributed by atoms with Gasteiger partial charge < -0.3 is 9.73 Å². The average Bonchev–Trinajstić information content (AvgIpc) is 2.87. The minimum Gasteiger partial charge on any atom is -0.441 e. The Labute approximate surface area is 120 Å². The van der Waals surface area contributed by atoms with Gasteiger partial charge in [-0.05, 0) is 56.5 Å². The van der Waals surface area contributed by atoms with Crippen molar-refractivity contribution in [2.24, 2.45) is 5.92 Å². The van der Waals surface area contributed by atoms with Gasteiger partial charge in [0.1, 0.15) is 5.52 Å². The highest BCUT2D eigenvalue weighted by molar-refractivity contribution is 5.73. The fraction of sp³-hybridized carbons (Fsp3) is 0.533. The van der Waals surface area contributed by atoms with Crippen molar-refractivity contribution in [1.82, 2.24) is 10.3 Å². The molecule has 0 amide bonds. The van der Waals surface area contributed by atoms with Crippen molar-refractivity contribution in [2.75, 3.05) is 13.1 Å². The van der Waals surface area contributed by atoms with E-state index in [0.29, 0.717) is 23.8 Å². The van der Waals surface area contributed by atoms with Gasteiger partial charge in [-0.1, -0.05) is 0 Å². The largest absolute Gasteiger partial charge is 0.441 e. The van der Waals surface area contributed by atoms with E-state index >= 15 is 0 Å². The van der Waals surface area contributed by atoms with Crippen LogP contribution in [0.1, 0.15) is 30.7 Å². The van der Waals surface area contributed by atoms with Crippen molar-refractivity contribution in [3.05, 3.63) is 29.7 Å². The number of alkyl halides is 3. The topological polar surface area (TPSA) is 38.1 Å². The van der Waals surface area contributed by atoms with E-state index in [1.165, 1.54) is 18.9 Å². The molecule has 6 heteroatoms. The van der Waals surface area contributed by atoms with E-state index in [0.717, 1.165) is 31.6 Å². The summed E-state index contributed by atoms with van der Waals surface area (Å²) < 4.78 is 43.5. The number of nitrogens with one attached hydrogen (secondary N) is 1. The van der Waals surface area contributed by atoms with Crippen LogP contribution in [-0.4, -0.2) is 18.1 Å². The number of hydrogen-bond donors (Lipinski definition) is 1. The first-order valence-electron chi connectivity index (χ1n) is 7.20. The monoisotopic (exact) mass is 298 g/mol. The number of piperidine rings is 1. The molecular weight excluding hydrogens is 281 g/mol. The van der Waals surface area contributed by atoms with E-state index in [-0.39, 0.29) is 5.52 Å². The van der Waals surface area contributed by atoms with Crippen LogP contribution in [-0.2, 0) is 12.6 Å². The van der Waals surface area contributed by atoms with Crippen LogP contribution < -0.4 is 5.32 Å². The first-order valence-corrected chi connectivity index (χ1v) is 7.20. The summed E-state index contributed by atoms with van der Waals surface area (Å²) in [5.74, 6) is 1.12. The number of oxazole rings is 1. The van der Waals surface area contributed by atoms with Crippen molar-refractivity contribution in [3.8, 4) is 0 Å². The second-order valence-electron chi connectivity index (χ2n) is 5.54. The summed E-state index contributed by atoms with van der Waals surface area (Å²) in [5, 5.41) is 3.35. The molecule has 0 aliphatic carbocycles. The van der Waals surface area contributed by atoms with Gasteiger partial charge in [0.15, 0.2) is 11.5 Å². The molecule has 114 valence electrons. The molecule has 2 heterocycles. The Hall–Kier alpha value is -1.56. The Morgan fingerprint density at radius 2 is 2.19 bits per heavy atom. The van der Waals surface area contributed by atoms with Crippen LogP contribution in [0.5, 0.6) is 0 Å². The maximum atomic E-state index is 12.6. The maximum absolute atomic E-state index is 12.6.